The molecule has 0 aliphatic carbocycles. The van der Waals surface area contributed by atoms with Crippen LogP contribution in [0.3, 0.4) is 0 Å². The van der Waals surface area contributed by atoms with E-state index in [0.717, 1.165) is 18.4 Å². The summed E-state index contributed by atoms with van der Waals surface area (Å²) >= 11 is 11.9. The number of hydrogen-bond donors (Lipinski definition) is 1. The molecule has 0 aliphatic rings. The summed E-state index contributed by atoms with van der Waals surface area (Å²) in [7, 11) is 0. The molecule has 0 fully saturated rings. The van der Waals surface area contributed by atoms with E-state index < -0.39 is 0 Å². The van der Waals surface area contributed by atoms with Gasteiger partial charge in [-0.3, -0.25) is 4.79 Å². The van der Waals surface area contributed by atoms with E-state index in [1.165, 1.54) is 0 Å². The van der Waals surface area contributed by atoms with Crippen LogP contribution in [0, 0.1) is 0 Å². The van der Waals surface area contributed by atoms with Gasteiger partial charge >= 0.3 is 0 Å². The molecule has 122 valence electrons. The molecule has 1 N–H and O–H groups in total. The molecule has 0 unspecified atom stereocenters. The summed E-state index contributed by atoms with van der Waals surface area (Å²) in [6.07, 6.45) is 1.84. The van der Waals surface area contributed by atoms with E-state index in [0.29, 0.717) is 15.8 Å². The molecular formula is C18H19Cl2NO2. The van der Waals surface area contributed by atoms with Crippen LogP contribution in [0.4, 0.5) is 0 Å². The van der Waals surface area contributed by atoms with Gasteiger partial charge in [-0.15, -0.1) is 0 Å². The van der Waals surface area contributed by atoms with Gasteiger partial charge in [0, 0.05) is 11.1 Å². The average molecular weight is 352 g/mol. The number of amides is 1. The lowest BCUT2D eigenvalue weighted by atomic mass is 10.0. The molecule has 3 nitrogen and oxygen atoms in total. The summed E-state index contributed by atoms with van der Waals surface area (Å²) in [5.74, 6) is 0.212. The van der Waals surface area contributed by atoms with Gasteiger partial charge in [-0.1, -0.05) is 66.9 Å². The van der Waals surface area contributed by atoms with Crippen LogP contribution in [0.15, 0.2) is 48.5 Å². The minimum Gasteiger partial charge on any atom is -0.482 e. The van der Waals surface area contributed by atoms with Gasteiger partial charge in [-0.05, 0) is 24.1 Å². The minimum absolute atomic E-state index is 0.0212. The van der Waals surface area contributed by atoms with Crippen molar-refractivity contribution >= 4 is 29.1 Å². The Balaban J connectivity index is 1.95. The van der Waals surface area contributed by atoms with Gasteiger partial charge in [0.05, 0.1) is 11.1 Å². The number of benzene rings is 2. The number of ether oxygens (including phenoxy) is 1. The lowest BCUT2D eigenvalue weighted by molar-refractivity contribution is -0.123. The molecule has 0 saturated heterocycles. The lowest BCUT2D eigenvalue weighted by Crippen LogP contribution is -2.32. The number of rotatable bonds is 7. The summed E-state index contributed by atoms with van der Waals surface area (Å²) in [6, 6.07) is 14.8. The van der Waals surface area contributed by atoms with Crippen LogP contribution in [0.5, 0.6) is 5.75 Å². The van der Waals surface area contributed by atoms with Crippen molar-refractivity contribution in [2.45, 2.75) is 25.8 Å². The van der Waals surface area contributed by atoms with E-state index >= 15 is 0 Å². The zero-order valence-electron chi connectivity index (χ0n) is 12.9. The maximum atomic E-state index is 12.2. The number of nitrogens with one attached hydrogen (secondary N) is 1. The quantitative estimate of drug-likeness (QED) is 0.759. The molecule has 5 heteroatoms. The van der Waals surface area contributed by atoms with Gasteiger partial charge in [0.1, 0.15) is 5.75 Å². The average Bonchev–Trinajstić information content (AvgIpc) is 2.56. The van der Waals surface area contributed by atoms with Crippen molar-refractivity contribution in [1.29, 1.82) is 0 Å². The maximum absolute atomic E-state index is 12.2. The summed E-state index contributed by atoms with van der Waals surface area (Å²) in [5, 5.41) is 3.94. The Bertz CT molecular complexity index is 647. The highest BCUT2D eigenvalue weighted by Crippen LogP contribution is 2.27. The molecule has 1 amide bonds. The normalized spacial score (nSPS) is 11.8. The van der Waals surface area contributed by atoms with Gasteiger partial charge in [0.2, 0.25) is 0 Å². The second-order valence-corrected chi connectivity index (χ2v) is 6.03. The predicted molar refractivity (Wildman–Crippen MR) is 94.2 cm³/mol. The molecule has 0 bridgehead atoms. The van der Waals surface area contributed by atoms with Crippen LogP contribution in [0.2, 0.25) is 10.0 Å². The molecule has 2 aromatic rings. The van der Waals surface area contributed by atoms with Crippen molar-refractivity contribution in [3.8, 4) is 5.75 Å². The molecule has 0 radical (unpaired) electrons. The third-order valence-electron chi connectivity index (χ3n) is 3.37. The zero-order chi connectivity index (χ0) is 16.7. The van der Waals surface area contributed by atoms with E-state index in [1.54, 1.807) is 18.2 Å². The Hall–Kier alpha value is -1.71. The number of carbonyl (C=O) groups is 1. The van der Waals surface area contributed by atoms with Gasteiger partial charge in [0.25, 0.3) is 5.91 Å². The smallest absolute Gasteiger partial charge is 0.258 e. The molecule has 0 saturated carbocycles. The van der Waals surface area contributed by atoms with Crippen LogP contribution in [0.25, 0.3) is 0 Å². The van der Waals surface area contributed by atoms with Crippen molar-refractivity contribution in [2.24, 2.45) is 0 Å². The minimum atomic E-state index is -0.191. The molecule has 23 heavy (non-hydrogen) atoms. The molecule has 2 aromatic carbocycles. The SMILES string of the molecule is CCC[C@@H](NC(=O)COc1cc(Cl)ccc1Cl)c1ccccc1. The van der Waals surface area contributed by atoms with Crippen LogP contribution in [-0.4, -0.2) is 12.5 Å². The maximum Gasteiger partial charge on any atom is 0.258 e. The first kappa shape index (κ1) is 17.6. The van der Waals surface area contributed by atoms with Crippen molar-refractivity contribution in [2.75, 3.05) is 6.61 Å². The Kier molecular flexibility index (Phi) is 6.75. The van der Waals surface area contributed by atoms with Gasteiger partial charge < -0.3 is 10.1 Å². The second kappa shape index (κ2) is 8.80. The fourth-order valence-electron chi connectivity index (χ4n) is 2.26. The van der Waals surface area contributed by atoms with Crippen LogP contribution < -0.4 is 10.1 Å². The topological polar surface area (TPSA) is 38.3 Å². The van der Waals surface area contributed by atoms with E-state index in [-0.39, 0.29) is 18.6 Å². The van der Waals surface area contributed by atoms with Gasteiger partial charge in [0.15, 0.2) is 6.61 Å². The van der Waals surface area contributed by atoms with Gasteiger partial charge in [-0.2, -0.15) is 0 Å². The van der Waals surface area contributed by atoms with Crippen molar-refractivity contribution in [1.82, 2.24) is 5.32 Å². The fourth-order valence-corrected chi connectivity index (χ4v) is 2.60. The number of hydrogen-bond acceptors (Lipinski definition) is 2. The predicted octanol–water partition coefficient (Wildman–Crippen LogP) is 5.03. The summed E-state index contributed by atoms with van der Waals surface area (Å²) < 4.78 is 5.47. The highest BCUT2D eigenvalue weighted by atomic mass is 35.5. The standard InChI is InChI=1S/C18H19Cl2NO2/c1-2-6-16(13-7-4-3-5-8-13)21-18(22)12-23-17-11-14(19)9-10-15(17)20/h3-5,7-11,16H,2,6,12H2,1H3,(H,21,22)/t16-/m1/s1. The third-order valence-corrected chi connectivity index (χ3v) is 3.91. The van der Waals surface area contributed by atoms with Crippen molar-refractivity contribution < 1.29 is 9.53 Å². The van der Waals surface area contributed by atoms with E-state index in [4.69, 9.17) is 27.9 Å². The Morgan fingerprint density at radius 1 is 1.17 bits per heavy atom. The largest absolute Gasteiger partial charge is 0.482 e. The van der Waals surface area contributed by atoms with Crippen molar-refractivity contribution in [3.05, 3.63) is 64.1 Å². The second-order valence-electron chi connectivity index (χ2n) is 5.18. The van der Waals surface area contributed by atoms with Crippen molar-refractivity contribution in [3.63, 3.8) is 0 Å². The summed E-state index contributed by atoms with van der Waals surface area (Å²) in [6.45, 7) is 1.98. The van der Waals surface area contributed by atoms with E-state index in [1.807, 2.05) is 30.3 Å². The molecule has 2 rings (SSSR count). The Morgan fingerprint density at radius 3 is 2.61 bits per heavy atom. The van der Waals surface area contributed by atoms with Crippen LogP contribution in [-0.2, 0) is 4.79 Å². The third kappa shape index (κ3) is 5.45. The fraction of sp³-hybridized carbons (Fsp3) is 0.278. The first-order valence-corrected chi connectivity index (χ1v) is 8.28. The highest BCUT2D eigenvalue weighted by molar-refractivity contribution is 6.34. The first-order valence-electron chi connectivity index (χ1n) is 7.52. The lowest BCUT2D eigenvalue weighted by Gasteiger charge is -2.19. The van der Waals surface area contributed by atoms with Crippen LogP contribution >= 0.6 is 23.2 Å². The molecular weight excluding hydrogens is 333 g/mol. The summed E-state index contributed by atoms with van der Waals surface area (Å²) in [4.78, 5) is 12.2. The van der Waals surface area contributed by atoms with Gasteiger partial charge in [-0.25, -0.2) is 0 Å². The monoisotopic (exact) mass is 351 g/mol. The first-order chi connectivity index (χ1) is 11.1. The highest BCUT2D eigenvalue weighted by Gasteiger charge is 2.14. The van der Waals surface area contributed by atoms with E-state index in [2.05, 4.69) is 12.2 Å². The summed E-state index contributed by atoms with van der Waals surface area (Å²) in [5.41, 5.74) is 1.09. The number of halogens is 2. The molecule has 0 aromatic heterocycles. The molecule has 0 heterocycles. The van der Waals surface area contributed by atoms with E-state index in [9.17, 15) is 4.79 Å². The zero-order valence-corrected chi connectivity index (χ0v) is 14.4. The molecule has 0 spiro atoms. The van der Waals surface area contributed by atoms with Crippen LogP contribution in [0.1, 0.15) is 31.4 Å². The Labute approximate surface area is 146 Å². The molecule has 1 atom stereocenters. The Morgan fingerprint density at radius 2 is 1.91 bits per heavy atom. The number of carbonyl (C=O) groups excluding carboxylic acids is 1. The molecule has 0 aliphatic heterocycles.